The van der Waals surface area contributed by atoms with Crippen LogP contribution >= 0.6 is 0 Å². The Balaban J connectivity index is 1.28. The summed E-state index contributed by atoms with van der Waals surface area (Å²) in [5.41, 5.74) is 4.66. The van der Waals surface area contributed by atoms with Crippen LogP contribution in [0.4, 0.5) is 14.9 Å². The predicted molar refractivity (Wildman–Crippen MR) is 154 cm³/mol. The SMILES string of the molecule is C[C@H](NC(=O)Nc1ccc(-c2c(C#N)c3ccc(Oc4ncccn4)cc3n2C2CCC2)cc1)c1ccc(F)cc1. The van der Waals surface area contributed by atoms with Crippen LogP contribution in [0.5, 0.6) is 11.8 Å². The van der Waals surface area contributed by atoms with Crippen molar-refractivity contribution in [2.24, 2.45) is 0 Å². The Morgan fingerprint density at radius 2 is 1.80 bits per heavy atom. The first kappa shape index (κ1) is 26.0. The van der Waals surface area contributed by atoms with Crippen molar-refractivity contribution < 1.29 is 13.9 Å². The van der Waals surface area contributed by atoms with Gasteiger partial charge in [0.15, 0.2) is 0 Å². The highest BCUT2D eigenvalue weighted by Gasteiger charge is 2.28. The van der Waals surface area contributed by atoms with E-state index in [4.69, 9.17) is 4.74 Å². The van der Waals surface area contributed by atoms with E-state index in [0.717, 1.165) is 47.0 Å². The second-order valence-electron chi connectivity index (χ2n) is 10.1. The number of carbonyl (C=O) groups is 1. The minimum Gasteiger partial charge on any atom is -0.424 e. The Morgan fingerprint density at radius 3 is 2.46 bits per heavy atom. The van der Waals surface area contributed by atoms with Crippen LogP contribution in [0.1, 0.15) is 49.4 Å². The van der Waals surface area contributed by atoms with Crippen LogP contribution in [0, 0.1) is 17.1 Å². The van der Waals surface area contributed by atoms with Crippen LogP contribution in [0.2, 0.25) is 0 Å². The van der Waals surface area contributed by atoms with E-state index in [1.54, 1.807) is 30.6 Å². The van der Waals surface area contributed by atoms with Gasteiger partial charge in [-0.15, -0.1) is 0 Å². The molecule has 0 aliphatic heterocycles. The Kier molecular flexibility index (Phi) is 7.04. The quantitative estimate of drug-likeness (QED) is 0.220. The van der Waals surface area contributed by atoms with Crippen LogP contribution in [0.25, 0.3) is 22.2 Å². The van der Waals surface area contributed by atoms with E-state index >= 15 is 0 Å². The summed E-state index contributed by atoms with van der Waals surface area (Å²) in [5, 5.41) is 16.8. The lowest BCUT2D eigenvalue weighted by molar-refractivity contribution is 0.249. The molecule has 2 N–H and O–H groups in total. The van der Waals surface area contributed by atoms with Crippen LogP contribution in [-0.4, -0.2) is 20.6 Å². The first-order valence-corrected chi connectivity index (χ1v) is 13.5. The maximum atomic E-state index is 13.2. The highest BCUT2D eigenvalue weighted by atomic mass is 19.1. The van der Waals surface area contributed by atoms with Crippen molar-refractivity contribution in [1.82, 2.24) is 19.9 Å². The minimum atomic E-state index is -0.370. The number of hydrogen-bond acceptors (Lipinski definition) is 5. The number of rotatable bonds is 7. The largest absolute Gasteiger partial charge is 0.424 e. The van der Waals surface area contributed by atoms with Gasteiger partial charge in [0.1, 0.15) is 17.6 Å². The molecule has 1 atom stereocenters. The second-order valence-corrected chi connectivity index (χ2v) is 10.1. The Labute approximate surface area is 236 Å². The van der Waals surface area contributed by atoms with Crippen LogP contribution in [0.3, 0.4) is 0 Å². The topological polar surface area (TPSA) is 105 Å². The van der Waals surface area contributed by atoms with Crippen molar-refractivity contribution in [3.8, 4) is 29.1 Å². The molecule has 41 heavy (non-hydrogen) atoms. The molecule has 3 aromatic carbocycles. The molecule has 0 saturated heterocycles. The fourth-order valence-electron chi connectivity index (χ4n) is 5.13. The third-order valence-electron chi connectivity index (χ3n) is 7.41. The number of nitriles is 1. The third-order valence-corrected chi connectivity index (χ3v) is 7.41. The molecule has 0 unspecified atom stereocenters. The molecular formula is C32H27FN6O2. The molecule has 8 nitrogen and oxygen atoms in total. The maximum absolute atomic E-state index is 13.2. The third kappa shape index (κ3) is 5.32. The molecule has 9 heteroatoms. The molecule has 1 saturated carbocycles. The number of amides is 2. The minimum absolute atomic E-state index is 0.258. The Morgan fingerprint density at radius 1 is 1.07 bits per heavy atom. The molecule has 5 aromatic rings. The van der Waals surface area contributed by atoms with Gasteiger partial charge in [0, 0.05) is 35.6 Å². The molecule has 0 radical (unpaired) electrons. The summed E-state index contributed by atoms with van der Waals surface area (Å²) >= 11 is 0. The summed E-state index contributed by atoms with van der Waals surface area (Å²) in [7, 11) is 0. The number of carbonyl (C=O) groups excluding carboxylic acids is 1. The lowest BCUT2D eigenvalue weighted by atomic mass is 9.92. The number of fused-ring (bicyclic) bond motifs is 1. The number of hydrogen-bond donors (Lipinski definition) is 2. The Hall–Kier alpha value is -5.23. The molecule has 1 fully saturated rings. The average molecular weight is 547 g/mol. The molecular weight excluding hydrogens is 519 g/mol. The maximum Gasteiger partial charge on any atom is 0.321 e. The molecule has 2 aromatic heterocycles. The summed E-state index contributed by atoms with van der Waals surface area (Å²) in [6.07, 6.45) is 6.44. The summed E-state index contributed by atoms with van der Waals surface area (Å²) in [6, 6.07) is 23.2. The fourth-order valence-corrected chi connectivity index (χ4v) is 5.13. The summed E-state index contributed by atoms with van der Waals surface area (Å²) in [6.45, 7) is 1.84. The van der Waals surface area contributed by atoms with E-state index in [-0.39, 0.29) is 29.9 Å². The standard InChI is InChI=1S/C32H27FN6O2/c1-20(21-6-10-23(33)11-7-21)37-31(40)38-24-12-8-22(9-13-24)30-28(19-34)27-15-14-26(41-32-35-16-3-17-36-32)18-29(27)39(30)25-4-2-5-25/h3,6-18,20,25H,2,4-5H2,1H3,(H2,37,38,40)/t20-/m0/s1. The van der Waals surface area contributed by atoms with Crippen LogP contribution < -0.4 is 15.4 Å². The van der Waals surface area contributed by atoms with Gasteiger partial charge >= 0.3 is 12.0 Å². The zero-order valence-electron chi connectivity index (χ0n) is 22.3. The lowest BCUT2D eigenvalue weighted by Crippen LogP contribution is -2.31. The van der Waals surface area contributed by atoms with E-state index in [9.17, 15) is 14.4 Å². The number of ether oxygens (including phenoxy) is 1. The molecule has 204 valence electrons. The lowest BCUT2D eigenvalue weighted by Gasteiger charge is -2.30. The van der Waals surface area contributed by atoms with E-state index in [1.165, 1.54) is 12.1 Å². The zero-order chi connectivity index (χ0) is 28.3. The highest BCUT2D eigenvalue weighted by Crippen LogP contribution is 2.43. The fraction of sp³-hybridized carbons (Fsp3) is 0.188. The van der Waals surface area contributed by atoms with Gasteiger partial charge in [-0.1, -0.05) is 24.3 Å². The van der Waals surface area contributed by atoms with Crippen molar-refractivity contribution in [1.29, 1.82) is 5.26 Å². The summed E-state index contributed by atoms with van der Waals surface area (Å²) < 4.78 is 21.4. The molecule has 0 spiro atoms. The number of anilines is 1. The number of benzene rings is 3. The van der Waals surface area contributed by atoms with Crippen molar-refractivity contribution in [3.05, 3.63) is 102 Å². The van der Waals surface area contributed by atoms with Gasteiger partial charge < -0.3 is 19.9 Å². The average Bonchev–Trinajstić information content (AvgIpc) is 3.26. The van der Waals surface area contributed by atoms with E-state index in [2.05, 4.69) is 31.2 Å². The molecule has 1 aliphatic rings. The van der Waals surface area contributed by atoms with Gasteiger partial charge in [-0.3, -0.25) is 0 Å². The summed E-state index contributed by atoms with van der Waals surface area (Å²) in [5.74, 6) is 0.273. The van der Waals surface area contributed by atoms with Gasteiger partial charge in [0.05, 0.1) is 22.8 Å². The first-order valence-electron chi connectivity index (χ1n) is 13.5. The van der Waals surface area contributed by atoms with Crippen LogP contribution in [0.15, 0.2) is 85.2 Å². The molecule has 2 heterocycles. The van der Waals surface area contributed by atoms with E-state index in [1.807, 2.05) is 49.4 Å². The number of nitrogens with one attached hydrogen (secondary N) is 2. The van der Waals surface area contributed by atoms with Gasteiger partial charge in [-0.25, -0.2) is 19.2 Å². The normalized spacial score (nSPS) is 13.7. The van der Waals surface area contributed by atoms with E-state index < -0.39 is 0 Å². The number of urea groups is 1. The number of aromatic nitrogens is 3. The number of halogens is 1. The van der Waals surface area contributed by atoms with Crippen LogP contribution in [-0.2, 0) is 0 Å². The van der Waals surface area contributed by atoms with Gasteiger partial charge in [-0.2, -0.15) is 5.26 Å². The summed E-state index contributed by atoms with van der Waals surface area (Å²) in [4.78, 5) is 20.9. The van der Waals surface area contributed by atoms with Crippen molar-refractivity contribution >= 4 is 22.6 Å². The van der Waals surface area contributed by atoms with Gasteiger partial charge in [0.2, 0.25) is 0 Å². The molecule has 0 bridgehead atoms. The smallest absolute Gasteiger partial charge is 0.321 e. The number of nitrogens with zero attached hydrogens (tertiary/aromatic N) is 4. The molecule has 2 amide bonds. The predicted octanol–water partition coefficient (Wildman–Crippen LogP) is 7.51. The highest BCUT2D eigenvalue weighted by molar-refractivity contribution is 5.96. The molecule has 1 aliphatic carbocycles. The van der Waals surface area contributed by atoms with E-state index in [0.29, 0.717) is 17.0 Å². The van der Waals surface area contributed by atoms with Crippen molar-refractivity contribution in [2.75, 3.05) is 5.32 Å². The monoisotopic (exact) mass is 546 g/mol. The second kappa shape index (κ2) is 11.1. The molecule has 6 rings (SSSR count). The first-order chi connectivity index (χ1) is 20.0. The van der Waals surface area contributed by atoms with Crippen molar-refractivity contribution in [2.45, 2.75) is 38.3 Å². The van der Waals surface area contributed by atoms with Gasteiger partial charge in [0.25, 0.3) is 0 Å². The zero-order valence-corrected chi connectivity index (χ0v) is 22.3. The Bertz CT molecular complexity index is 1740. The van der Waals surface area contributed by atoms with Gasteiger partial charge in [-0.05, 0) is 79.8 Å². The van der Waals surface area contributed by atoms with Crippen molar-refractivity contribution in [3.63, 3.8) is 0 Å².